The fourth-order valence-electron chi connectivity index (χ4n) is 2.05. The van der Waals surface area contributed by atoms with Gasteiger partial charge in [-0.2, -0.15) is 5.10 Å². The van der Waals surface area contributed by atoms with Crippen LogP contribution in [0.3, 0.4) is 0 Å². The van der Waals surface area contributed by atoms with Gasteiger partial charge < -0.3 is 5.32 Å². The minimum absolute atomic E-state index is 0.774. The number of anilines is 2. The molecule has 3 heteroatoms. The van der Waals surface area contributed by atoms with E-state index in [1.165, 1.54) is 0 Å². The van der Waals surface area contributed by atoms with Gasteiger partial charge in [0, 0.05) is 11.3 Å². The third-order valence-corrected chi connectivity index (χ3v) is 3.15. The normalized spacial score (nSPS) is 11.0. The Balaban J connectivity index is 1.86. The molecule has 0 heterocycles. The second-order valence-electron chi connectivity index (χ2n) is 4.80. The smallest absolute Gasteiger partial charge is 0.157 e. The molecule has 0 radical (unpaired) electrons. The van der Waals surface area contributed by atoms with Gasteiger partial charge in [0.1, 0.15) is 0 Å². The Kier molecular flexibility index (Phi) is 4.47. The highest BCUT2D eigenvalue weighted by molar-refractivity contribution is 6.08. The Hall–Kier alpha value is -3.07. The molecule has 0 aliphatic rings. The van der Waals surface area contributed by atoms with Crippen LogP contribution in [0.4, 0.5) is 11.4 Å². The maximum Gasteiger partial charge on any atom is 0.157 e. The molecule has 22 heavy (non-hydrogen) atoms. The van der Waals surface area contributed by atoms with Crippen molar-refractivity contribution < 1.29 is 0 Å². The molecule has 0 bridgehead atoms. The molecular weight excluding hydrogens is 270 g/mol. The van der Waals surface area contributed by atoms with Crippen LogP contribution in [0.25, 0.3) is 0 Å². The lowest BCUT2D eigenvalue weighted by Crippen LogP contribution is -2.15. The van der Waals surface area contributed by atoms with E-state index in [1.54, 1.807) is 0 Å². The zero-order valence-electron chi connectivity index (χ0n) is 12.1. The molecule has 0 aliphatic heterocycles. The molecule has 0 spiro atoms. The molecule has 0 aromatic heterocycles. The van der Waals surface area contributed by atoms with E-state index in [0.29, 0.717) is 0 Å². The van der Waals surface area contributed by atoms with Crippen molar-refractivity contribution in [3.63, 3.8) is 0 Å². The molecule has 0 aliphatic carbocycles. The Morgan fingerprint density at radius 3 is 1.68 bits per heavy atom. The Bertz CT molecular complexity index is 722. The molecule has 0 fully saturated rings. The van der Waals surface area contributed by atoms with Crippen LogP contribution >= 0.6 is 0 Å². The summed E-state index contributed by atoms with van der Waals surface area (Å²) >= 11 is 0. The van der Waals surface area contributed by atoms with Crippen molar-refractivity contribution in [2.45, 2.75) is 0 Å². The number of hydrogen-bond acceptors (Lipinski definition) is 2. The van der Waals surface area contributed by atoms with Crippen LogP contribution in [0.15, 0.2) is 96.1 Å². The molecule has 0 saturated heterocycles. The summed E-state index contributed by atoms with van der Waals surface area (Å²) in [7, 11) is 0. The first-order chi connectivity index (χ1) is 10.9. The van der Waals surface area contributed by atoms with E-state index in [4.69, 9.17) is 0 Å². The van der Waals surface area contributed by atoms with Gasteiger partial charge >= 0.3 is 0 Å². The summed E-state index contributed by atoms with van der Waals surface area (Å²) in [6.45, 7) is 0. The molecule has 3 aromatic rings. The van der Waals surface area contributed by atoms with Crippen molar-refractivity contribution >= 4 is 17.2 Å². The van der Waals surface area contributed by atoms with Gasteiger partial charge in [-0.25, -0.2) is 0 Å². The molecule has 0 atom stereocenters. The second kappa shape index (κ2) is 7.09. The van der Waals surface area contributed by atoms with Gasteiger partial charge in [0.25, 0.3) is 0 Å². The molecule has 2 N–H and O–H groups in total. The van der Waals surface area contributed by atoms with Crippen LogP contribution in [0.5, 0.6) is 0 Å². The highest BCUT2D eigenvalue weighted by Crippen LogP contribution is 2.11. The summed E-state index contributed by atoms with van der Waals surface area (Å²) < 4.78 is 0. The largest absolute Gasteiger partial charge is 0.338 e. The van der Waals surface area contributed by atoms with Crippen LogP contribution in [0, 0.1) is 0 Å². The van der Waals surface area contributed by atoms with Crippen LogP contribution < -0.4 is 10.7 Å². The van der Waals surface area contributed by atoms with E-state index < -0.39 is 0 Å². The lowest BCUT2D eigenvalue weighted by molar-refractivity contribution is 1.32. The van der Waals surface area contributed by atoms with E-state index in [-0.39, 0.29) is 0 Å². The second-order valence-corrected chi connectivity index (χ2v) is 4.80. The number of nitrogens with one attached hydrogen (secondary N) is 2. The van der Waals surface area contributed by atoms with Crippen LogP contribution in [0.2, 0.25) is 0 Å². The first-order valence-corrected chi connectivity index (χ1v) is 7.18. The fraction of sp³-hybridized carbons (Fsp3) is 0. The topological polar surface area (TPSA) is 36.4 Å². The number of para-hydroxylation sites is 2. The van der Waals surface area contributed by atoms with Crippen molar-refractivity contribution in [3.8, 4) is 0 Å². The van der Waals surface area contributed by atoms with Crippen molar-refractivity contribution in [3.05, 3.63) is 96.6 Å². The predicted octanol–water partition coefficient (Wildman–Crippen LogP) is 4.57. The summed E-state index contributed by atoms with van der Waals surface area (Å²) in [5.41, 5.74) is 6.06. The Morgan fingerprint density at radius 1 is 0.591 bits per heavy atom. The summed E-state index contributed by atoms with van der Waals surface area (Å²) in [4.78, 5) is 0. The van der Waals surface area contributed by atoms with E-state index in [2.05, 4.69) is 15.8 Å². The summed E-state index contributed by atoms with van der Waals surface area (Å²) in [6.07, 6.45) is 0. The van der Waals surface area contributed by atoms with E-state index in [1.807, 2.05) is 91.0 Å². The maximum absolute atomic E-state index is 4.52. The molecule has 3 nitrogen and oxygen atoms in total. The molecule has 108 valence electrons. The number of nitrogens with zero attached hydrogens (tertiary/aromatic N) is 1. The van der Waals surface area contributed by atoms with E-state index in [0.717, 1.165) is 22.8 Å². The van der Waals surface area contributed by atoms with Crippen molar-refractivity contribution in [1.82, 2.24) is 0 Å². The van der Waals surface area contributed by atoms with Crippen LogP contribution in [-0.2, 0) is 0 Å². The van der Waals surface area contributed by atoms with Gasteiger partial charge in [-0.1, -0.05) is 66.7 Å². The van der Waals surface area contributed by atoms with Gasteiger partial charge in [0.15, 0.2) is 5.84 Å². The lowest BCUT2D eigenvalue weighted by Gasteiger charge is -2.11. The molecule has 0 amide bonds. The first kappa shape index (κ1) is 13.9. The average Bonchev–Trinajstić information content (AvgIpc) is 2.61. The standard InChI is InChI=1S/C19H17N3/c1-4-10-16(11-5-1)19(20-17-12-6-2-7-13-17)22-21-18-14-8-3-9-15-18/h1-15,21H,(H,20,22). The molecule has 0 saturated carbocycles. The summed E-state index contributed by atoms with van der Waals surface area (Å²) in [5.74, 6) is 0.774. The summed E-state index contributed by atoms with van der Waals surface area (Å²) in [6, 6.07) is 30.0. The van der Waals surface area contributed by atoms with Crippen molar-refractivity contribution in [2.24, 2.45) is 5.10 Å². The van der Waals surface area contributed by atoms with Crippen molar-refractivity contribution in [1.29, 1.82) is 0 Å². The third kappa shape index (κ3) is 3.73. The molecule has 0 unspecified atom stereocenters. The number of amidine groups is 1. The zero-order valence-corrected chi connectivity index (χ0v) is 12.1. The predicted molar refractivity (Wildman–Crippen MR) is 93.1 cm³/mol. The number of rotatable bonds is 4. The molecular formula is C19H17N3. The van der Waals surface area contributed by atoms with Gasteiger partial charge in [0.2, 0.25) is 0 Å². The minimum Gasteiger partial charge on any atom is -0.338 e. The van der Waals surface area contributed by atoms with Crippen LogP contribution in [0.1, 0.15) is 5.56 Å². The lowest BCUT2D eigenvalue weighted by atomic mass is 10.2. The van der Waals surface area contributed by atoms with E-state index in [9.17, 15) is 0 Å². The van der Waals surface area contributed by atoms with Gasteiger partial charge in [-0.15, -0.1) is 0 Å². The Labute approximate surface area is 130 Å². The Morgan fingerprint density at radius 2 is 1.09 bits per heavy atom. The third-order valence-electron chi connectivity index (χ3n) is 3.15. The van der Waals surface area contributed by atoms with Gasteiger partial charge in [0.05, 0.1) is 5.69 Å². The average molecular weight is 287 g/mol. The number of hydrogen-bond donors (Lipinski definition) is 2. The maximum atomic E-state index is 4.52. The number of benzene rings is 3. The van der Waals surface area contributed by atoms with Crippen molar-refractivity contribution in [2.75, 3.05) is 10.7 Å². The van der Waals surface area contributed by atoms with Gasteiger partial charge in [-0.3, -0.25) is 5.43 Å². The number of hydrazone groups is 1. The molecule has 3 aromatic carbocycles. The quantitative estimate of drug-likeness (QED) is 0.419. The SMILES string of the molecule is c1ccc(NN=C(Nc2ccccc2)c2ccccc2)cc1. The van der Waals surface area contributed by atoms with E-state index >= 15 is 0 Å². The fourth-order valence-corrected chi connectivity index (χ4v) is 2.05. The summed E-state index contributed by atoms with van der Waals surface area (Å²) in [5, 5.41) is 7.87. The van der Waals surface area contributed by atoms with Gasteiger partial charge in [-0.05, 0) is 24.3 Å². The monoisotopic (exact) mass is 287 g/mol. The highest BCUT2D eigenvalue weighted by atomic mass is 15.3. The molecule has 3 rings (SSSR count). The minimum atomic E-state index is 0.774. The zero-order chi connectivity index (χ0) is 15.0. The van der Waals surface area contributed by atoms with Crippen LogP contribution in [-0.4, -0.2) is 5.84 Å². The highest BCUT2D eigenvalue weighted by Gasteiger charge is 2.03. The first-order valence-electron chi connectivity index (χ1n) is 7.18.